The summed E-state index contributed by atoms with van der Waals surface area (Å²) in [7, 11) is 1.35. The Kier molecular flexibility index (Phi) is 5.81. The minimum atomic E-state index is -0.381. The number of benzene rings is 1. The highest BCUT2D eigenvalue weighted by atomic mass is 32.2. The average molecular weight is 384 g/mol. The van der Waals surface area contributed by atoms with Gasteiger partial charge in [-0.25, -0.2) is 4.79 Å². The molecule has 0 N–H and O–H groups in total. The minimum Gasteiger partial charge on any atom is -0.465 e. The van der Waals surface area contributed by atoms with E-state index in [0.29, 0.717) is 35.1 Å². The van der Waals surface area contributed by atoms with E-state index < -0.39 is 0 Å². The van der Waals surface area contributed by atoms with E-state index in [-0.39, 0.29) is 11.9 Å². The lowest BCUT2D eigenvalue weighted by Gasteiger charge is -2.11. The Balaban J connectivity index is 1.82. The average Bonchev–Trinajstić information content (AvgIpc) is 3.27. The van der Waals surface area contributed by atoms with E-state index in [4.69, 9.17) is 9.15 Å². The first kappa shape index (κ1) is 19.0. The standard InChI is InChI=1S/C20H20N2O4S/c1-4-21-20-22(5-2)18(23)17(27-20)12-15-10-11-16(26-15)13-6-8-14(9-7-13)19(24)25-3/h6-12H,4-5H2,1-3H3/b17-12+,21-20?. The fourth-order valence-corrected chi connectivity index (χ4v) is 3.73. The largest absolute Gasteiger partial charge is 0.465 e. The van der Waals surface area contributed by atoms with E-state index in [1.807, 2.05) is 26.0 Å². The highest BCUT2D eigenvalue weighted by molar-refractivity contribution is 8.18. The summed E-state index contributed by atoms with van der Waals surface area (Å²) < 4.78 is 10.6. The fourth-order valence-electron chi connectivity index (χ4n) is 2.64. The van der Waals surface area contributed by atoms with Crippen LogP contribution in [0.1, 0.15) is 30.0 Å². The molecule has 7 heteroatoms. The van der Waals surface area contributed by atoms with Crippen molar-refractivity contribution >= 4 is 34.9 Å². The van der Waals surface area contributed by atoms with E-state index in [2.05, 4.69) is 4.99 Å². The number of hydrogen-bond donors (Lipinski definition) is 0. The summed E-state index contributed by atoms with van der Waals surface area (Å²) in [6, 6.07) is 10.6. The number of rotatable bonds is 5. The number of thioether (sulfide) groups is 1. The quantitative estimate of drug-likeness (QED) is 0.574. The maximum atomic E-state index is 12.5. The van der Waals surface area contributed by atoms with Gasteiger partial charge in [-0.05, 0) is 49.9 Å². The number of carbonyl (C=O) groups excluding carboxylic acids is 2. The smallest absolute Gasteiger partial charge is 0.337 e. The zero-order valence-corrected chi connectivity index (χ0v) is 16.2. The van der Waals surface area contributed by atoms with Crippen LogP contribution in [0.3, 0.4) is 0 Å². The molecule has 2 aromatic rings. The number of methoxy groups -OCH3 is 1. The first-order valence-electron chi connectivity index (χ1n) is 8.61. The molecular formula is C20H20N2O4S. The molecule has 1 saturated heterocycles. The normalized spacial score (nSPS) is 17.1. The molecule has 27 heavy (non-hydrogen) atoms. The molecule has 0 unspecified atom stereocenters. The third-order valence-corrected chi connectivity index (χ3v) is 5.03. The zero-order chi connectivity index (χ0) is 19.4. The van der Waals surface area contributed by atoms with Gasteiger partial charge in [0.25, 0.3) is 5.91 Å². The molecule has 0 spiro atoms. The van der Waals surface area contributed by atoms with Gasteiger partial charge < -0.3 is 9.15 Å². The summed E-state index contributed by atoms with van der Waals surface area (Å²) in [4.78, 5) is 30.6. The van der Waals surface area contributed by atoms with Crippen molar-refractivity contribution in [3.05, 3.63) is 52.6 Å². The van der Waals surface area contributed by atoms with Crippen LogP contribution in [-0.4, -0.2) is 42.1 Å². The van der Waals surface area contributed by atoms with E-state index in [9.17, 15) is 9.59 Å². The molecule has 1 aromatic carbocycles. The van der Waals surface area contributed by atoms with Gasteiger partial charge >= 0.3 is 5.97 Å². The van der Waals surface area contributed by atoms with Crippen LogP contribution in [0.5, 0.6) is 0 Å². The molecule has 3 rings (SSSR count). The lowest BCUT2D eigenvalue weighted by Crippen LogP contribution is -2.28. The lowest BCUT2D eigenvalue weighted by atomic mass is 10.1. The Morgan fingerprint density at radius 3 is 2.59 bits per heavy atom. The second-order valence-electron chi connectivity index (χ2n) is 5.69. The molecule has 0 aliphatic carbocycles. The number of esters is 1. The molecular weight excluding hydrogens is 364 g/mol. The lowest BCUT2D eigenvalue weighted by molar-refractivity contribution is -0.122. The molecule has 1 aliphatic rings. The Morgan fingerprint density at radius 1 is 1.22 bits per heavy atom. The number of amidine groups is 1. The van der Waals surface area contributed by atoms with Crippen LogP contribution in [0.2, 0.25) is 0 Å². The number of aliphatic imine (C=N–C) groups is 1. The van der Waals surface area contributed by atoms with Gasteiger partial charge in [0.1, 0.15) is 11.5 Å². The highest BCUT2D eigenvalue weighted by Gasteiger charge is 2.32. The first-order valence-corrected chi connectivity index (χ1v) is 9.43. The zero-order valence-electron chi connectivity index (χ0n) is 15.4. The second kappa shape index (κ2) is 8.26. The van der Waals surface area contributed by atoms with Crippen molar-refractivity contribution in [3.8, 4) is 11.3 Å². The summed E-state index contributed by atoms with van der Waals surface area (Å²) >= 11 is 1.36. The highest BCUT2D eigenvalue weighted by Crippen LogP contribution is 2.33. The predicted octanol–water partition coefficient (Wildman–Crippen LogP) is 4.05. The molecule has 1 aliphatic heterocycles. The third kappa shape index (κ3) is 3.98. The number of nitrogens with zero attached hydrogens (tertiary/aromatic N) is 2. The summed E-state index contributed by atoms with van der Waals surface area (Å²) in [5.74, 6) is 0.804. The number of furan rings is 1. The molecule has 0 radical (unpaired) electrons. The van der Waals surface area contributed by atoms with Crippen LogP contribution in [0.25, 0.3) is 17.4 Å². The van der Waals surface area contributed by atoms with Crippen LogP contribution in [0.15, 0.2) is 50.7 Å². The van der Waals surface area contributed by atoms with Crippen molar-refractivity contribution < 1.29 is 18.7 Å². The van der Waals surface area contributed by atoms with E-state index in [0.717, 1.165) is 10.7 Å². The molecule has 0 atom stereocenters. The Labute approximate surface area is 161 Å². The summed E-state index contributed by atoms with van der Waals surface area (Å²) in [5.41, 5.74) is 1.31. The van der Waals surface area contributed by atoms with Crippen molar-refractivity contribution in [3.63, 3.8) is 0 Å². The molecule has 1 fully saturated rings. The van der Waals surface area contributed by atoms with Crippen molar-refractivity contribution in [2.45, 2.75) is 13.8 Å². The van der Waals surface area contributed by atoms with Gasteiger partial charge in [0, 0.05) is 24.7 Å². The van der Waals surface area contributed by atoms with Crippen LogP contribution in [-0.2, 0) is 9.53 Å². The van der Waals surface area contributed by atoms with E-state index in [1.54, 1.807) is 35.2 Å². The molecule has 1 amide bonds. The van der Waals surface area contributed by atoms with Crippen LogP contribution in [0, 0.1) is 0 Å². The topological polar surface area (TPSA) is 72.1 Å². The Hall–Kier alpha value is -2.80. The SMILES string of the molecule is CCN=C1S/C(=C/c2ccc(-c3ccc(C(=O)OC)cc3)o2)C(=O)N1CC. The maximum Gasteiger partial charge on any atom is 0.337 e. The molecule has 6 nitrogen and oxygen atoms in total. The molecule has 2 heterocycles. The Morgan fingerprint density at radius 2 is 1.96 bits per heavy atom. The molecule has 0 saturated carbocycles. The van der Waals surface area contributed by atoms with E-state index >= 15 is 0 Å². The second-order valence-corrected chi connectivity index (χ2v) is 6.70. The van der Waals surface area contributed by atoms with Crippen molar-refractivity contribution in [2.24, 2.45) is 4.99 Å². The van der Waals surface area contributed by atoms with E-state index in [1.165, 1.54) is 18.9 Å². The molecule has 1 aromatic heterocycles. The van der Waals surface area contributed by atoms with Crippen LogP contribution in [0.4, 0.5) is 0 Å². The van der Waals surface area contributed by atoms with Crippen molar-refractivity contribution in [2.75, 3.05) is 20.2 Å². The van der Waals surface area contributed by atoms with Crippen molar-refractivity contribution in [1.82, 2.24) is 4.90 Å². The van der Waals surface area contributed by atoms with Gasteiger partial charge in [-0.2, -0.15) is 0 Å². The summed E-state index contributed by atoms with van der Waals surface area (Å²) in [6.45, 7) is 5.08. The maximum absolute atomic E-state index is 12.5. The monoisotopic (exact) mass is 384 g/mol. The number of hydrogen-bond acceptors (Lipinski definition) is 6. The predicted molar refractivity (Wildman–Crippen MR) is 106 cm³/mol. The number of carbonyl (C=O) groups is 2. The number of ether oxygens (including phenoxy) is 1. The summed E-state index contributed by atoms with van der Waals surface area (Å²) in [5, 5.41) is 0.724. The van der Waals surface area contributed by atoms with Crippen LogP contribution < -0.4 is 0 Å². The van der Waals surface area contributed by atoms with Gasteiger partial charge in [-0.3, -0.25) is 14.7 Å². The summed E-state index contributed by atoms with van der Waals surface area (Å²) in [6.07, 6.45) is 1.74. The van der Waals surface area contributed by atoms with Gasteiger partial charge in [0.15, 0.2) is 5.17 Å². The number of amides is 1. The Bertz CT molecular complexity index is 912. The number of likely N-dealkylation sites (N-methyl/N-ethyl adjacent to an activating group) is 1. The van der Waals surface area contributed by atoms with Gasteiger partial charge in [0.05, 0.1) is 17.6 Å². The molecule has 140 valence electrons. The fraction of sp³-hybridized carbons (Fsp3) is 0.250. The first-order chi connectivity index (χ1) is 13.1. The van der Waals surface area contributed by atoms with Gasteiger partial charge in [0.2, 0.25) is 0 Å². The van der Waals surface area contributed by atoms with Crippen LogP contribution >= 0.6 is 11.8 Å². The van der Waals surface area contributed by atoms with Gasteiger partial charge in [-0.1, -0.05) is 12.1 Å². The molecule has 0 bridgehead atoms. The third-order valence-electron chi connectivity index (χ3n) is 3.99. The van der Waals surface area contributed by atoms with Gasteiger partial charge in [-0.15, -0.1) is 0 Å². The van der Waals surface area contributed by atoms with Crippen molar-refractivity contribution in [1.29, 1.82) is 0 Å². The minimum absolute atomic E-state index is 0.0601.